The molecule has 5 heteroatoms. The van der Waals surface area contributed by atoms with Crippen LogP contribution in [0, 0.1) is 5.82 Å². The van der Waals surface area contributed by atoms with Gasteiger partial charge < -0.3 is 4.74 Å². The zero-order chi connectivity index (χ0) is 14.4. The topological polar surface area (TPSA) is 55.4 Å². The van der Waals surface area contributed by atoms with Gasteiger partial charge in [-0.25, -0.2) is 9.18 Å². The molecule has 0 heterocycles. The molecule has 0 aromatic heterocycles. The molecule has 0 radical (unpaired) electrons. The minimum atomic E-state index is -0.808. The van der Waals surface area contributed by atoms with E-state index in [-0.39, 0.29) is 17.2 Å². The monoisotopic (exact) mass is 265 g/mol. The first kappa shape index (κ1) is 15.0. The second-order valence-electron chi connectivity index (χ2n) is 4.07. The highest BCUT2D eigenvalue weighted by Gasteiger charge is 2.23. The first-order valence-corrected chi connectivity index (χ1v) is 5.71. The Labute approximate surface area is 111 Å². The lowest BCUT2D eigenvalue weighted by molar-refractivity contribution is -0.137. The molecule has 1 aromatic carbocycles. The van der Waals surface area contributed by atoms with Gasteiger partial charge in [0.2, 0.25) is 0 Å². The van der Waals surface area contributed by atoms with Crippen LogP contribution in [-0.4, -0.2) is 24.9 Å². The first-order valence-electron chi connectivity index (χ1n) is 5.71. The van der Waals surface area contributed by atoms with E-state index in [9.17, 15) is 14.0 Å². The molecule has 0 saturated carbocycles. The summed E-state index contributed by atoms with van der Waals surface area (Å²) in [6, 6.07) is 5.04. The van der Waals surface area contributed by atoms with Crippen molar-refractivity contribution < 1.29 is 18.7 Å². The van der Waals surface area contributed by atoms with Gasteiger partial charge in [-0.15, -0.1) is 0 Å². The largest absolute Gasteiger partial charge is 0.466 e. The van der Waals surface area contributed by atoms with E-state index in [1.54, 1.807) is 12.1 Å². The molecule has 0 aliphatic heterocycles. The third kappa shape index (κ3) is 4.30. The zero-order valence-electron chi connectivity index (χ0n) is 10.9. The molecule has 0 fully saturated rings. The fourth-order valence-corrected chi connectivity index (χ4v) is 1.58. The molecule has 1 N–H and O–H groups in total. The van der Waals surface area contributed by atoms with E-state index >= 15 is 0 Å². The van der Waals surface area contributed by atoms with E-state index in [4.69, 9.17) is 0 Å². The van der Waals surface area contributed by atoms with Gasteiger partial charge >= 0.3 is 5.97 Å². The number of carbonyl (C=O) groups excluding carboxylic acids is 2. The summed E-state index contributed by atoms with van der Waals surface area (Å²) in [5.74, 6) is -1.20. The fourth-order valence-electron chi connectivity index (χ4n) is 1.58. The molecule has 0 saturated heterocycles. The third-order valence-electron chi connectivity index (χ3n) is 2.63. The predicted octanol–water partition coefficient (Wildman–Crippen LogP) is 1.60. The Bertz CT molecular complexity index is 482. The lowest BCUT2D eigenvalue weighted by Gasteiger charge is -2.16. The zero-order valence-corrected chi connectivity index (χ0v) is 10.9. The van der Waals surface area contributed by atoms with Gasteiger partial charge in [0, 0.05) is 6.54 Å². The highest BCUT2D eigenvalue weighted by atomic mass is 19.1. The second-order valence-corrected chi connectivity index (χ2v) is 4.07. The minimum Gasteiger partial charge on any atom is -0.466 e. The third-order valence-corrected chi connectivity index (χ3v) is 2.63. The molecule has 1 aromatic rings. The Kier molecular flexibility index (Phi) is 5.38. The van der Waals surface area contributed by atoms with Crippen molar-refractivity contribution in [1.29, 1.82) is 0 Å². The highest BCUT2D eigenvalue weighted by molar-refractivity contribution is 5.98. The van der Waals surface area contributed by atoms with E-state index in [0.717, 1.165) is 5.56 Å². The lowest BCUT2D eigenvalue weighted by Crippen LogP contribution is -2.39. The maximum absolute atomic E-state index is 12.7. The Hall–Kier alpha value is -2.01. The van der Waals surface area contributed by atoms with Crippen molar-refractivity contribution >= 4 is 11.8 Å². The van der Waals surface area contributed by atoms with Crippen LogP contribution in [-0.2, 0) is 20.9 Å². The van der Waals surface area contributed by atoms with Crippen LogP contribution >= 0.6 is 0 Å². The summed E-state index contributed by atoms with van der Waals surface area (Å²) in [4.78, 5) is 22.8. The maximum atomic E-state index is 12.7. The summed E-state index contributed by atoms with van der Waals surface area (Å²) in [6.45, 7) is 5.23. The van der Waals surface area contributed by atoms with Crippen LogP contribution in [0.5, 0.6) is 0 Å². The number of esters is 1. The molecular formula is C14H16FNO3. The summed E-state index contributed by atoms with van der Waals surface area (Å²) in [6.07, 6.45) is 0. The van der Waals surface area contributed by atoms with E-state index in [1.807, 2.05) is 0 Å². The van der Waals surface area contributed by atoms with Crippen molar-refractivity contribution in [2.45, 2.75) is 19.5 Å². The Balaban J connectivity index is 2.70. The Morgan fingerprint density at radius 1 is 1.37 bits per heavy atom. The van der Waals surface area contributed by atoms with Gasteiger partial charge in [-0.2, -0.15) is 0 Å². The van der Waals surface area contributed by atoms with Crippen LogP contribution in [0.15, 0.2) is 36.4 Å². The van der Waals surface area contributed by atoms with Crippen molar-refractivity contribution in [3.8, 4) is 0 Å². The van der Waals surface area contributed by atoms with Gasteiger partial charge in [-0.1, -0.05) is 18.7 Å². The quantitative estimate of drug-likeness (QED) is 0.627. The van der Waals surface area contributed by atoms with Gasteiger partial charge in [-0.05, 0) is 24.6 Å². The second kappa shape index (κ2) is 6.80. The SMILES string of the molecule is C=C(C(=O)OC)C(NCc1ccc(F)cc1)C(C)=O. The molecule has 1 atom stereocenters. The van der Waals surface area contributed by atoms with Crippen LogP contribution in [0.3, 0.4) is 0 Å². The molecule has 4 nitrogen and oxygen atoms in total. The molecule has 19 heavy (non-hydrogen) atoms. The van der Waals surface area contributed by atoms with Crippen LogP contribution in [0.1, 0.15) is 12.5 Å². The molecule has 1 rings (SSSR count). The van der Waals surface area contributed by atoms with Crippen LogP contribution in [0.25, 0.3) is 0 Å². The number of hydrogen-bond donors (Lipinski definition) is 1. The molecule has 0 bridgehead atoms. The Morgan fingerprint density at radius 3 is 2.42 bits per heavy atom. The number of Topliss-reactive ketones (excluding diaryl/α,β-unsaturated/α-hetero) is 1. The maximum Gasteiger partial charge on any atom is 0.335 e. The molecule has 0 amide bonds. The average Bonchev–Trinajstić information content (AvgIpc) is 2.39. The Morgan fingerprint density at radius 2 is 1.95 bits per heavy atom. The summed E-state index contributed by atoms with van der Waals surface area (Å²) in [5, 5.41) is 2.90. The van der Waals surface area contributed by atoms with E-state index in [1.165, 1.54) is 26.2 Å². The van der Waals surface area contributed by atoms with E-state index < -0.39 is 12.0 Å². The van der Waals surface area contributed by atoms with Gasteiger partial charge in [0.25, 0.3) is 0 Å². The standard InChI is InChI=1S/C14H16FNO3/c1-9(14(18)19-3)13(10(2)17)16-8-11-4-6-12(15)7-5-11/h4-7,13,16H,1,8H2,2-3H3. The molecule has 0 aliphatic carbocycles. The summed E-state index contributed by atoms with van der Waals surface area (Å²) >= 11 is 0. The lowest BCUT2D eigenvalue weighted by atomic mass is 10.0. The average molecular weight is 265 g/mol. The van der Waals surface area contributed by atoms with Gasteiger partial charge in [0.05, 0.1) is 18.7 Å². The van der Waals surface area contributed by atoms with Crippen molar-refractivity contribution in [2.24, 2.45) is 0 Å². The number of rotatable bonds is 6. The van der Waals surface area contributed by atoms with Gasteiger partial charge in [-0.3, -0.25) is 10.1 Å². The highest BCUT2D eigenvalue weighted by Crippen LogP contribution is 2.07. The fraction of sp³-hybridized carbons (Fsp3) is 0.286. The van der Waals surface area contributed by atoms with Crippen LogP contribution < -0.4 is 5.32 Å². The van der Waals surface area contributed by atoms with E-state index in [0.29, 0.717) is 6.54 Å². The number of ether oxygens (including phenoxy) is 1. The van der Waals surface area contributed by atoms with Gasteiger partial charge in [0.1, 0.15) is 5.82 Å². The number of halogens is 1. The molecular weight excluding hydrogens is 249 g/mol. The van der Waals surface area contributed by atoms with Crippen molar-refractivity contribution in [3.05, 3.63) is 47.8 Å². The summed E-state index contributed by atoms with van der Waals surface area (Å²) < 4.78 is 17.3. The molecule has 1 unspecified atom stereocenters. The predicted molar refractivity (Wildman–Crippen MR) is 68.9 cm³/mol. The number of benzene rings is 1. The molecule has 0 spiro atoms. The number of ketones is 1. The number of nitrogens with one attached hydrogen (secondary N) is 1. The number of carbonyl (C=O) groups is 2. The van der Waals surface area contributed by atoms with E-state index in [2.05, 4.69) is 16.6 Å². The van der Waals surface area contributed by atoms with Crippen molar-refractivity contribution in [2.75, 3.05) is 7.11 Å². The summed E-state index contributed by atoms with van der Waals surface area (Å²) in [7, 11) is 1.23. The molecule has 0 aliphatic rings. The minimum absolute atomic E-state index is 0.0529. The normalized spacial score (nSPS) is 11.7. The van der Waals surface area contributed by atoms with Gasteiger partial charge in [0.15, 0.2) is 5.78 Å². The van der Waals surface area contributed by atoms with Crippen LogP contribution in [0.2, 0.25) is 0 Å². The summed E-state index contributed by atoms with van der Waals surface area (Å²) in [5.41, 5.74) is 0.849. The smallest absolute Gasteiger partial charge is 0.335 e. The number of hydrogen-bond acceptors (Lipinski definition) is 4. The first-order chi connectivity index (χ1) is 8.95. The van der Waals surface area contributed by atoms with Crippen molar-refractivity contribution in [1.82, 2.24) is 5.32 Å². The van der Waals surface area contributed by atoms with Crippen molar-refractivity contribution in [3.63, 3.8) is 0 Å². The number of methoxy groups -OCH3 is 1. The molecule has 102 valence electrons. The van der Waals surface area contributed by atoms with Crippen LogP contribution in [0.4, 0.5) is 4.39 Å².